The summed E-state index contributed by atoms with van der Waals surface area (Å²) in [4.78, 5) is 10.9. The lowest BCUT2D eigenvalue weighted by Crippen LogP contribution is -2.46. The van der Waals surface area contributed by atoms with Crippen LogP contribution in [0.15, 0.2) is 66.7 Å². The molecule has 0 fully saturated rings. The highest BCUT2D eigenvalue weighted by Gasteiger charge is 2.19. The molecular formula is C24H27NO4. The molecule has 0 aliphatic rings. The van der Waals surface area contributed by atoms with E-state index in [-0.39, 0.29) is 17.7 Å². The first-order valence-electron chi connectivity index (χ1n) is 9.69. The highest BCUT2D eigenvalue weighted by molar-refractivity contribution is 5.87. The van der Waals surface area contributed by atoms with Gasteiger partial charge in [-0.2, -0.15) is 0 Å². The molecule has 0 aromatic heterocycles. The smallest absolute Gasteiger partial charge is 0.335 e. The fraction of sp³-hybridized carbons (Fsp3) is 0.292. The summed E-state index contributed by atoms with van der Waals surface area (Å²) in [5.41, 5.74) is 1.26. The third-order valence-corrected chi connectivity index (χ3v) is 4.82. The summed E-state index contributed by atoms with van der Waals surface area (Å²) in [6.45, 7) is 4.75. The first-order valence-corrected chi connectivity index (χ1v) is 9.69. The Balaban J connectivity index is 1.48. The molecule has 0 aliphatic carbocycles. The number of fused-ring (bicyclic) bond motifs is 1. The molecule has 0 radical (unpaired) electrons. The molecule has 0 saturated heterocycles. The van der Waals surface area contributed by atoms with Crippen LogP contribution in [0.25, 0.3) is 10.8 Å². The van der Waals surface area contributed by atoms with Crippen LogP contribution in [-0.2, 0) is 6.42 Å². The second kappa shape index (κ2) is 9.07. The van der Waals surface area contributed by atoms with Crippen LogP contribution < -0.4 is 10.1 Å². The second-order valence-corrected chi connectivity index (χ2v) is 7.92. The summed E-state index contributed by atoms with van der Waals surface area (Å²) < 4.78 is 5.55. The van der Waals surface area contributed by atoms with Gasteiger partial charge in [-0.15, -0.1) is 0 Å². The quantitative estimate of drug-likeness (QED) is 0.514. The number of hydrogen-bond donors (Lipinski definition) is 3. The lowest BCUT2D eigenvalue weighted by Gasteiger charge is -2.28. The normalized spacial score (nSPS) is 12.7. The van der Waals surface area contributed by atoms with Gasteiger partial charge in [0.1, 0.15) is 18.5 Å². The number of carboxylic acids is 1. The van der Waals surface area contributed by atoms with Crippen molar-refractivity contribution in [3.05, 3.63) is 77.9 Å². The van der Waals surface area contributed by atoms with Crippen molar-refractivity contribution in [1.29, 1.82) is 0 Å². The molecule has 5 heteroatoms. The van der Waals surface area contributed by atoms with E-state index in [1.54, 1.807) is 12.1 Å². The predicted octanol–water partition coefficient (Wildman–Crippen LogP) is 3.89. The molecule has 0 saturated carbocycles. The van der Waals surface area contributed by atoms with Crippen LogP contribution in [0.3, 0.4) is 0 Å². The number of carboxylic acid groups (broad SMARTS) is 1. The van der Waals surface area contributed by atoms with Crippen LogP contribution in [0, 0.1) is 0 Å². The van der Waals surface area contributed by atoms with Gasteiger partial charge in [0.2, 0.25) is 0 Å². The molecule has 0 unspecified atom stereocenters. The molecule has 5 nitrogen and oxygen atoms in total. The van der Waals surface area contributed by atoms with E-state index in [4.69, 9.17) is 9.84 Å². The Kier molecular flexibility index (Phi) is 6.52. The van der Waals surface area contributed by atoms with Gasteiger partial charge in [0.05, 0.1) is 5.56 Å². The summed E-state index contributed by atoms with van der Waals surface area (Å²) in [5, 5.41) is 25.0. The number of aliphatic hydroxyl groups is 1. The van der Waals surface area contributed by atoms with Gasteiger partial charge in [-0.05, 0) is 60.9 Å². The van der Waals surface area contributed by atoms with E-state index in [1.165, 1.54) is 28.5 Å². The molecule has 3 N–H and O–H groups in total. The maximum Gasteiger partial charge on any atom is 0.335 e. The van der Waals surface area contributed by atoms with Crippen molar-refractivity contribution in [2.75, 3.05) is 13.2 Å². The van der Waals surface area contributed by atoms with E-state index in [9.17, 15) is 9.90 Å². The average molecular weight is 393 g/mol. The minimum absolute atomic E-state index is 0.130. The van der Waals surface area contributed by atoms with Gasteiger partial charge in [-0.3, -0.25) is 0 Å². The fourth-order valence-electron chi connectivity index (χ4n) is 3.26. The number of rotatable bonds is 9. The van der Waals surface area contributed by atoms with E-state index >= 15 is 0 Å². The minimum Gasteiger partial charge on any atom is -0.491 e. The van der Waals surface area contributed by atoms with Crippen LogP contribution in [0.5, 0.6) is 5.75 Å². The van der Waals surface area contributed by atoms with Gasteiger partial charge >= 0.3 is 5.97 Å². The second-order valence-electron chi connectivity index (χ2n) is 7.92. The molecule has 0 heterocycles. The zero-order valence-electron chi connectivity index (χ0n) is 16.8. The fourth-order valence-corrected chi connectivity index (χ4v) is 3.26. The zero-order chi connectivity index (χ0) is 20.9. The highest BCUT2D eigenvalue weighted by atomic mass is 16.5. The summed E-state index contributed by atoms with van der Waals surface area (Å²) in [6, 6.07) is 20.9. The summed E-state index contributed by atoms with van der Waals surface area (Å²) >= 11 is 0. The molecule has 0 spiro atoms. The number of benzene rings is 3. The lowest BCUT2D eigenvalue weighted by molar-refractivity contribution is 0.0696. The van der Waals surface area contributed by atoms with E-state index in [1.807, 2.05) is 12.1 Å². The Hall–Kier alpha value is -2.89. The molecule has 3 aromatic rings. The average Bonchev–Trinajstić information content (AvgIpc) is 2.70. The largest absolute Gasteiger partial charge is 0.491 e. The number of carbonyl (C=O) groups is 1. The number of ether oxygens (including phenoxy) is 1. The van der Waals surface area contributed by atoms with Crippen molar-refractivity contribution in [1.82, 2.24) is 5.32 Å². The van der Waals surface area contributed by atoms with E-state index in [0.29, 0.717) is 12.3 Å². The van der Waals surface area contributed by atoms with Crippen LogP contribution in [0.4, 0.5) is 0 Å². The molecule has 29 heavy (non-hydrogen) atoms. The molecule has 0 aliphatic heterocycles. The Morgan fingerprint density at radius 1 is 1.03 bits per heavy atom. The topological polar surface area (TPSA) is 78.8 Å². The van der Waals surface area contributed by atoms with Gasteiger partial charge in [0.15, 0.2) is 0 Å². The van der Waals surface area contributed by atoms with Crippen molar-refractivity contribution in [2.45, 2.75) is 31.9 Å². The SMILES string of the molecule is CC(C)(Cc1ccc2ccccc2c1)NC[C@@H](O)COc1ccc(C(=O)O)cc1. The molecular weight excluding hydrogens is 366 g/mol. The maximum atomic E-state index is 10.9. The summed E-state index contributed by atoms with van der Waals surface area (Å²) in [5.74, 6) is -0.445. The minimum atomic E-state index is -0.977. The van der Waals surface area contributed by atoms with Crippen LogP contribution in [-0.4, -0.2) is 41.0 Å². The number of nitrogens with one attached hydrogen (secondary N) is 1. The first kappa shape index (κ1) is 20.8. The number of hydrogen-bond acceptors (Lipinski definition) is 4. The standard InChI is InChI=1S/C24H27NO4/c1-24(2,14-17-7-8-18-5-3-4-6-20(18)13-17)25-15-21(26)16-29-22-11-9-19(10-12-22)23(27)28/h3-13,21,25-26H,14-16H2,1-2H3,(H,27,28)/t21-/m1/s1. The zero-order valence-corrected chi connectivity index (χ0v) is 16.8. The molecule has 152 valence electrons. The van der Waals surface area contributed by atoms with E-state index < -0.39 is 12.1 Å². The molecule has 0 amide bonds. The van der Waals surface area contributed by atoms with Crippen molar-refractivity contribution in [3.63, 3.8) is 0 Å². The third kappa shape index (κ3) is 6.04. The Morgan fingerprint density at radius 2 is 1.72 bits per heavy atom. The highest BCUT2D eigenvalue weighted by Crippen LogP contribution is 2.19. The molecule has 3 aromatic carbocycles. The number of aromatic carboxylic acids is 1. The molecule has 0 bridgehead atoms. The van der Waals surface area contributed by atoms with Crippen molar-refractivity contribution < 1.29 is 19.7 Å². The number of β-amino-alcohol motifs (C(OH)–C–C–N with tert-alkyl or cyclic N) is 1. The maximum absolute atomic E-state index is 10.9. The van der Waals surface area contributed by atoms with Crippen molar-refractivity contribution >= 4 is 16.7 Å². The predicted molar refractivity (Wildman–Crippen MR) is 115 cm³/mol. The number of aliphatic hydroxyl groups excluding tert-OH is 1. The van der Waals surface area contributed by atoms with Crippen LogP contribution in [0.2, 0.25) is 0 Å². The van der Waals surface area contributed by atoms with Crippen LogP contribution >= 0.6 is 0 Å². The molecule has 3 rings (SSSR count). The van der Waals surface area contributed by atoms with E-state index in [2.05, 4.69) is 49.5 Å². The van der Waals surface area contributed by atoms with Gasteiger partial charge in [-0.25, -0.2) is 4.79 Å². The van der Waals surface area contributed by atoms with Crippen molar-refractivity contribution in [3.8, 4) is 5.75 Å². The van der Waals surface area contributed by atoms with Gasteiger partial charge in [0, 0.05) is 12.1 Å². The molecule has 1 atom stereocenters. The van der Waals surface area contributed by atoms with Crippen molar-refractivity contribution in [2.24, 2.45) is 0 Å². The summed E-state index contributed by atoms with van der Waals surface area (Å²) in [6.07, 6.45) is 0.159. The monoisotopic (exact) mass is 393 g/mol. The first-order chi connectivity index (χ1) is 13.8. The Bertz CT molecular complexity index is 966. The third-order valence-electron chi connectivity index (χ3n) is 4.82. The van der Waals surface area contributed by atoms with Gasteiger partial charge in [0.25, 0.3) is 0 Å². The van der Waals surface area contributed by atoms with E-state index in [0.717, 1.165) is 6.42 Å². The lowest BCUT2D eigenvalue weighted by atomic mass is 9.93. The Morgan fingerprint density at radius 3 is 2.41 bits per heavy atom. The summed E-state index contributed by atoms with van der Waals surface area (Å²) in [7, 11) is 0. The Labute approximate surface area is 171 Å². The van der Waals surface area contributed by atoms with Gasteiger partial charge < -0.3 is 20.3 Å². The van der Waals surface area contributed by atoms with Crippen LogP contribution in [0.1, 0.15) is 29.8 Å². The van der Waals surface area contributed by atoms with Gasteiger partial charge in [-0.1, -0.05) is 42.5 Å².